The van der Waals surface area contributed by atoms with E-state index in [4.69, 9.17) is 4.52 Å². The van der Waals surface area contributed by atoms with Crippen LogP contribution < -0.4 is 10.6 Å². The first-order valence-corrected chi connectivity index (χ1v) is 7.79. The van der Waals surface area contributed by atoms with E-state index in [1.54, 1.807) is 37.3 Å². The molecule has 2 N–H and O–H groups in total. The number of rotatable bonds is 5. The predicted molar refractivity (Wildman–Crippen MR) is 93.2 cm³/mol. The molecule has 0 spiro atoms. The van der Waals surface area contributed by atoms with Crippen LogP contribution in [0.2, 0.25) is 0 Å². The van der Waals surface area contributed by atoms with Crippen molar-refractivity contribution in [2.75, 3.05) is 5.32 Å². The molecule has 3 aromatic rings. The van der Waals surface area contributed by atoms with Crippen LogP contribution in [0, 0.1) is 6.92 Å². The Morgan fingerprint density at radius 2 is 1.80 bits per heavy atom. The van der Waals surface area contributed by atoms with Crippen molar-refractivity contribution < 1.29 is 14.1 Å². The van der Waals surface area contributed by atoms with Gasteiger partial charge < -0.3 is 15.2 Å². The van der Waals surface area contributed by atoms with Crippen LogP contribution in [0.4, 0.5) is 5.69 Å². The van der Waals surface area contributed by atoms with Crippen molar-refractivity contribution in [1.82, 2.24) is 10.5 Å². The first-order chi connectivity index (χ1) is 12.1. The Labute approximate surface area is 144 Å². The highest BCUT2D eigenvalue weighted by molar-refractivity contribution is 6.03. The minimum absolute atomic E-state index is 0.191. The van der Waals surface area contributed by atoms with Gasteiger partial charge in [0.25, 0.3) is 11.8 Å². The lowest BCUT2D eigenvalue weighted by Gasteiger charge is -2.08. The molecule has 2 amide bonds. The Balaban J connectivity index is 1.64. The lowest BCUT2D eigenvalue weighted by atomic mass is 10.1. The van der Waals surface area contributed by atoms with Crippen LogP contribution in [0.25, 0.3) is 0 Å². The number of aromatic nitrogens is 1. The Morgan fingerprint density at radius 3 is 2.52 bits per heavy atom. The van der Waals surface area contributed by atoms with E-state index in [9.17, 15) is 9.59 Å². The highest BCUT2D eigenvalue weighted by Gasteiger charge is 2.12. The number of hydrogen-bond donors (Lipinski definition) is 2. The van der Waals surface area contributed by atoms with Crippen molar-refractivity contribution in [2.45, 2.75) is 13.5 Å². The maximum atomic E-state index is 12.3. The van der Waals surface area contributed by atoms with Gasteiger partial charge in [0.15, 0.2) is 5.69 Å². The fourth-order valence-corrected chi connectivity index (χ4v) is 2.29. The molecule has 0 aliphatic rings. The summed E-state index contributed by atoms with van der Waals surface area (Å²) in [6.45, 7) is 2.15. The quantitative estimate of drug-likeness (QED) is 0.750. The third-order valence-corrected chi connectivity index (χ3v) is 3.54. The van der Waals surface area contributed by atoms with Crippen molar-refractivity contribution in [2.24, 2.45) is 0 Å². The number of amides is 2. The number of carbonyl (C=O) groups is 2. The standard InChI is InChI=1S/C19H17N3O3/c1-13-10-17(22-25-13)19(24)21-16-9-5-8-15(11-16)18(23)20-12-14-6-3-2-4-7-14/h2-11H,12H2,1H3,(H,20,23)(H,21,24). The number of nitrogens with one attached hydrogen (secondary N) is 2. The Kier molecular flexibility index (Phi) is 4.89. The number of anilines is 1. The largest absolute Gasteiger partial charge is 0.361 e. The molecule has 25 heavy (non-hydrogen) atoms. The molecule has 0 aliphatic carbocycles. The fraction of sp³-hybridized carbons (Fsp3) is 0.105. The minimum atomic E-state index is -0.390. The summed E-state index contributed by atoms with van der Waals surface area (Å²) >= 11 is 0. The fourth-order valence-electron chi connectivity index (χ4n) is 2.29. The normalized spacial score (nSPS) is 10.3. The molecular formula is C19H17N3O3. The summed E-state index contributed by atoms with van der Waals surface area (Å²) in [6.07, 6.45) is 0. The first kappa shape index (κ1) is 16.4. The molecule has 0 radical (unpaired) electrons. The number of carbonyl (C=O) groups excluding carboxylic acids is 2. The number of aryl methyl sites for hydroxylation is 1. The maximum absolute atomic E-state index is 12.3. The average Bonchev–Trinajstić information content (AvgIpc) is 3.07. The minimum Gasteiger partial charge on any atom is -0.361 e. The molecule has 2 aromatic carbocycles. The third-order valence-electron chi connectivity index (χ3n) is 3.54. The molecule has 1 aromatic heterocycles. The molecule has 6 heteroatoms. The van der Waals surface area contributed by atoms with Gasteiger partial charge >= 0.3 is 0 Å². The molecule has 0 atom stereocenters. The summed E-state index contributed by atoms with van der Waals surface area (Å²) < 4.78 is 4.88. The molecule has 6 nitrogen and oxygen atoms in total. The van der Waals surface area contributed by atoms with E-state index in [0.29, 0.717) is 23.6 Å². The van der Waals surface area contributed by atoms with Crippen LogP contribution >= 0.6 is 0 Å². The first-order valence-electron chi connectivity index (χ1n) is 7.79. The van der Waals surface area contributed by atoms with Gasteiger partial charge in [0.1, 0.15) is 5.76 Å². The molecule has 0 saturated heterocycles. The van der Waals surface area contributed by atoms with E-state index in [1.807, 2.05) is 30.3 Å². The third kappa shape index (κ3) is 4.32. The number of nitrogens with zero attached hydrogens (tertiary/aromatic N) is 1. The molecule has 0 aliphatic heterocycles. The Bertz CT molecular complexity index is 888. The molecular weight excluding hydrogens is 318 g/mol. The summed E-state index contributed by atoms with van der Waals surface area (Å²) in [4.78, 5) is 24.4. The molecule has 0 saturated carbocycles. The van der Waals surface area contributed by atoms with E-state index in [2.05, 4.69) is 15.8 Å². The zero-order valence-corrected chi connectivity index (χ0v) is 13.7. The molecule has 0 bridgehead atoms. The molecule has 1 heterocycles. The van der Waals surface area contributed by atoms with Crippen LogP contribution in [0.3, 0.4) is 0 Å². The van der Waals surface area contributed by atoms with Crippen LogP contribution in [-0.4, -0.2) is 17.0 Å². The zero-order chi connectivity index (χ0) is 17.6. The molecule has 0 unspecified atom stereocenters. The van der Waals surface area contributed by atoms with E-state index < -0.39 is 5.91 Å². The van der Waals surface area contributed by atoms with Crippen molar-refractivity contribution in [3.63, 3.8) is 0 Å². The Hall–Kier alpha value is -3.41. The average molecular weight is 335 g/mol. The SMILES string of the molecule is Cc1cc(C(=O)Nc2cccc(C(=O)NCc3ccccc3)c2)no1. The van der Waals surface area contributed by atoms with Crippen molar-refractivity contribution in [1.29, 1.82) is 0 Å². The van der Waals surface area contributed by atoms with Gasteiger partial charge in [-0.25, -0.2) is 0 Å². The van der Waals surface area contributed by atoms with Gasteiger partial charge in [0.05, 0.1) is 0 Å². The molecule has 3 rings (SSSR count). The van der Waals surface area contributed by atoms with Crippen molar-refractivity contribution >= 4 is 17.5 Å². The molecule has 0 fully saturated rings. The monoisotopic (exact) mass is 335 g/mol. The topological polar surface area (TPSA) is 84.2 Å². The highest BCUT2D eigenvalue weighted by Crippen LogP contribution is 2.13. The van der Waals surface area contributed by atoms with Gasteiger partial charge in [-0.05, 0) is 30.7 Å². The van der Waals surface area contributed by atoms with Gasteiger partial charge in [0.2, 0.25) is 0 Å². The second-order valence-electron chi connectivity index (χ2n) is 5.53. The zero-order valence-electron chi connectivity index (χ0n) is 13.7. The summed E-state index contributed by atoms with van der Waals surface area (Å²) in [6, 6.07) is 17.9. The highest BCUT2D eigenvalue weighted by atomic mass is 16.5. The summed E-state index contributed by atoms with van der Waals surface area (Å²) in [5, 5.41) is 9.22. The number of hydrogen-bond acceptors (Lipinski definition) is 4. The van der Waals surface area contributed by atoms with Gasteiger partial charge in [-0.2, -0.15) is 0 Å². The van der Waals surface area contributed by atoms with E-state index in [1.165, 1.54) is 0 Å². The lowest BCUT2D eigenvalue weighted by Crippen LogP contribution is -2.23. The second-order valence-corrected chi connectivity index (χ2v) is 5.53. The summed E-state index contributed by atoms with van der Waals surface area (Å²) in [5.74, 6) is -0.0462. The van der Waals surface area contributed by atoms with E-state index in [0.717, 1.165) is 5.56 Å². The van der Waals surface area contributed by atoms with Gasteiger partial charge in [0, 0.05) is 23.9 Å². The van der Waals surface area contributed by atoms with E-state index >= 15 is 0 Å². The van der Waals surface area contributed by atoms with Gasteiger partial charge in [-0.3, -0.25) is 9.59 Å². The smallest absolute Gasteiger partial charge is 0.277 e. The summed E-state index contributed by atoms with van der Waals surface area (Å²) in [7, 11) is 0. The maximum Gasteiger partial charge on any atom is 0.277 e. The Morgan fingerprint density at radius 1 is 1.00 bits per heavy atom. The van der Waals surface area contributed by atoms with Crippen LogP contribution in [0.5, 0.6) is 0 Å². The van der Waals surface area contributed by atoms with Crippen molar-refractivity contribution in [3.8, 4) is 0 Å². The van der Waals surface area contributed by atoms with Crippen LogP contribution in [0.1, 0.15) is 32.2 Å². The van der Waals surface area contributed by atoms with Crippen LogP contribution in [0.15, 0.2) is 65.2 Å². The van der Waals surface area contributed by atoms with E-state index in [-0.39, 0.29) is 11.6 Å². The van der Waals surface area contributed by atoms with Crippen molar-refractivity contribution in [3.05, 3.63) is 83.2 Å². The predicted octanol–water partition coefficient (Wildman–Crippen LogP) is 3.17. The van der Waals surface area contributed by atoms with Crippen LogP contribution in [-0.2, 0) is 6.54 Å². The second kappa shape index (κ2) is 7.44. The number of benzene rings is 2. The van der Waals surface area contributed by atoms with Gasteiger partial charge in [-0.1, -0.05) is 41.6 Å². The van der Waals surface area contributed by atoms with Gasteiger partial charge in [-0.15, -0.1) is 0 Å². The molecule has 126 valence electrons. The lowest BCUT2D eigenvalue weighted by molar-refractivity contribution is 0.0949. The summed E-state index contributed by atoms with van der Waals surface area (Å²) in [5.41, 5.74) is 2.18.